The number of alkyl halides is 4. The maximum absolute atomic E-state index is 13.5. The first-order valence-corrected chi connectivity index (χ1v) is 13.2. The molecule has 1 aliphatic heterocycles. The van der Waals surface area contributed by atoms with Crippen LogP contribution in [-0.4, -0.2) is 72.1 Å². The fourth-order valence-electron chi connectivity index (χ4n) is 4.11. The molecule has 0 bridgehead atoms. The van der Waals surface area contributed by atoms with Crippen molar-refractivity contribution in [1.29, 1.82) is 0 Å². The van der Waals surface area contributed by atoms with Crippen LogP contribution in [0.4, 0.5) is 23.2 Å². The first-order valence-electron chi connectivity index (χ1n) is 10.9. The molecule has 1 saturated heterocycles. The smallest absolute Gasteiger partial charge is 0.291 e. The average molecular weight is 534 g/mol. The van der Waals surface area contributed by atoms with Gasteiger partial charge in [-0.25, -0.2) is 35.7 Å². The highest BCUT2D eigenvalue weighted by molar-refractivity contribution is 7.89. The zero-order valence-corrected chi connectivity index (χ0v) is 20.2. The van der Waals surface area contributed by atoms with Crippen LogP contribution in [0.25, 0.3) is 16.3 Å². The standard InChI is InChI=1S/C20H23F4N7O2S2/c1-20(2-3-20)29-35(32,33)13-4-14(30-8-11(5-21)26-12(6-22)9-30)17-25-7-15(31(17)10-13)18-27-28-19(34-18)16(23)24/h4,7,10-12,16,26,29H,2-3,5-6,8-9H2,1H3/t11-,12+. The zero-order valence-electron chi connectivity index (χ0n) is 18.6. The predicted octanol–water partition coefficient (Wildman–Crippen LogP) is 2.71. The highest BCUT2D eigenvalue weighted by Gasteiger charge is 2.41. The Labute approximate surface area is 202 Å². The summed E-state index contributed by atoms with van der Waals surface area (Å²) in [6.07, 6.45) is 1.34. The van der Waals surface area contributed by atoms with Crippen LogP contribution in [0.15, 0.2) is 23.4 Å². The Morgan fingerprint density at radius 1 is 1.23 bits per heavy atom. The number of imidazole rings is 1. The minimum absolute atomic E-state index is 0.0851. The molecule has 0 unspecified atom stereocenters. The number of fused-ring (bicyclic) bond motifs is 1. The molecule has 2 atom stereocenters. The summed E-state index contributed by atoms with van der Waals surface area (Å²) in [7, 11) is -3.97. The summed E-state index contributed by atoms with van der Waals surface area (Å²) in [6.45, 7) is 0.652. The molecule has 0 spiro atoms. The summed E-state index contributed by atoms with van der Waals surface area (Å²) in [6, 6.07) is 0.125. The first kappa shape index (κ1) is 24.3. The lowest BCUT2D eigenvalue weighted by molar-refractivity contribution is 0.150. The maximum Gasteiger partial charge on any atom is 0.291 e. The lowest BCUT2D eigenvalue weighted by Gasteiger charge is -2.38. The second kappa shape index (κ2) is 8.94. The van der Waals surface area contributed by atoms with Gasteiger partial charge in [0.15, 0.2) is 15.7 Å². The van der Waals surface area contributed by atoms with Crippen LogP contribution in [0.5, 0.6) is 0 Å². The molecule has 2 N–H and O–H groups in total. The Morgan fingerprint density at radius 3 is 2.49 bits per heavy atom. The highest BCUT2D eigenvalue weighted by atomic mass is 32.2. The van der Waals surface area contributed by atoms with Gasteiger partial charge in [0.05, 0.1) is 24.0 Å². The number of rotatable bonds is 8. The van der Waals surface area contributed by atoms with E-state index in [1.54, 1.807) is 11.8 Å². The number of anilines is 1. The third-order valence-corrected chi connectivity index (χ3v) is 8.72. The molecule has 9 nitrogen and oxygen atoms in total. The Bertz CT molecular complexity index is 1330. The topological polar surface area (TPSA) is 105 Å². The molecule has 3 aromatic rings. The van der Waals surface area contributed by atoms with Crippen LogP contribution in [0.3, 0.4) is 0 Å². The fourth-order valence-corrected chi connectivity index (χ4v) is 6.30. The molecule has 190 valence electrons. The van der Waals surface area contributed by atoms with Crippen LogP contribution < -0.4 is 14.9 Å². The third-order valence-electron chi connectivity index (χ3n) is 6.16. The molecule has 0 amide bonds. The number of nitrogens with one attached hydrogen (secondary N) is 2. The number of nitrogens with zero attached hydrogens (tertiary/aromatic N) is 5. The summed E-state index contributed by atoms with van der Waals surface area (Å²) in [5.41, 5.74) is 0.407. The summed E-state index contributed by atoms with van der Waals surface area (Å²) < 4.78 is 83.9. The molecule has 35 heavy (non-hydrogen) atoms. The summed E-state index contributed by atoms with van der Waals surface area (Å²) >= 11 is 0.675. The summed E-state index contributed by atoms with van der Waals surface area (Å²) in [4.78, 5) is 5.99. The first-order chi connectivity index (χ1) is 16.6. The quantitative estimate of drug-likeness (QED) is 0.429. The number of pyridine rings is 1. The molecular weight excluding hydrogens is 510 g/mol. The predicted molar refractivity (Wildman–Crippen MR) is 122 cm³/mol. The van der Waals surface area contributed by atoms with Crippen LogP contribution in [0.2, 0.25) is 0 Å². The van der Waals surface area contributed by atoms with Gasteiger partial charge in [-0.2, -0.15) is 0 Å². The van der Waals surface area contributed by atoms with Gasteiger partial charge < -0.3 is 10.2 Å². The Hall–Kier alpha value is -2.36. The largest absolute Gasteiger partial charge is 0.365 e. The van der Waals surface area contributed by atoms with E-state index in [-0.39, 0.29) is 28.7 Å². The van der Waals surface area contributed by atoms with Crippen molar-refractivity contribution in [2.75, 3.05) is 31.3 Å². The van der Waals surface area contributed by atoms with E-state index >= 15 is 0 Å². The molecule has 3 aromatic heterocycles. The Morgan fingerprint density at radius 2 is 1.91 bits per heavy atom. The van der Waals surface area contributed by atoms with Gasteiger partial charge in [0, 0.05) is 24.8 Å². The number of halogens is 4. The van der Waals surface area contributed by atoms with Gasteiger partial charge in [0.2, 0.25) is 10.0 Å². The lowest BCUT2D eigenvalue weighted by atomic mass is 10.1. The van der Waals surface area contributed by atoms with E-state index in [1.807, 2.05) is 0 Å². The van der Waals surface area contributed by atoms with Gasteiger partial charge in [-0.15, -0.1) is 10.2 Å². The molecule has 5 rings (SSSR count). The van der Waals surface area contributed by atoms with Gasteiger partial charge in [0.1, 0.15) is 23.9 Å². The van der Waals surface area contributed by atoms with Crippen LogP contribution in [0, 0.1) is 0 Å². The van der Waals surface area contributed by atoms with Crippen molar-refractivity contribution < 1.29 is 26.0 Å². The monoisotopic (exact) mass is 533 g/mol. The molecule has 15 heteroatoms. The molecule has 2 fully saturated rings. The minimum Gasteiger partial charge on any atom is -0.365 e. The van der Waals surface area contributed by atoms with E-state index in [2.05, 4.69) is 25.2 Å². The normalized spacial score (nSPS) is 22.3. The van der Waals surface area contributed by atoms with Crippen molar-refractivity contribution in [3.8, 4) is 10.7 Å². The fraction of sp³-hybridized carbons (Fsp3) is 0.550. The van der Waals surface area contributed by atoms with Crippen molar-refractivity contribution in [1.82, 2.24) is 29.6 Å². The van der Waals surface area contributed by atoms with Gasteiger partial charge in [-0.3, -0.25) is 4.40 Å². The SMILES string of the molecule is CC1(NS(=O)(=O)c2cc(N3C[C@@H](CF)N[C@@H](CF)C3)c3ncc(-c4nnc(C(F)F)s4)n3c2)CC1. The average Bonchev–Trinajstić information content (AvgIpc) is 3.21. The van der Waals surface area contributed by atoms with Crippen LogP contribution >= 0.6 is 11.3 Å². The highest BCUT2D eigenvalue weighted by Crippen LogP contribution is 2.37. The van der Waals surface area contributed by atoms with E-state index in [0.717, 1.165) is 0 Å². The van der Waals surface area contributed by atoms with Gasteiger partial charge in [-0.05, 0) is 25.8 Å². The van der Waals surface area contributed by atoms with Crippen LogP contribution in [0.1, 0.15) is 31.2 Å². The number of hydrogen-bond donors (Lipinski definition) is 2. The van der Waals surface area contributed by atoms with Crippen molar-refractivity contribution in [2.45, 2.75) is 48.7 Å². The van der Waals surface area contributed by atoms with Gasteiger partial charge in [0.25, 0.3) is 6.43 Å². The zero-order chi connectivity index (χ0) is 25.0. The molecule has 2 aliphatic rings. The number of aromatic nitrogens is 4. The Balaban J connectivity index is 1.65. The molecule has 0 radical (unpaired) electrons. The van der Waals surface area contributed by atoms with Gasteiger partial charge >= 0.3 is 0 Å². The third kappa shape index (κ3) is 4.73. The van der Waals surface area contributed by atoms with E-state index in [4.69, 9.17) is 0 Å². The minimum atomic E-state index is -3.97. The summed E-state index contributed by atoms with van der Waals surface area (Å²) in [5, 5.41) is 9.89. The molecule has 0 aromatic carbocycles. The summed E-state index contributed by atoms with van der Waals surface area (Å²) in [5.74, 6) is 0. The second-order valence-corrected chi connectivity index (χ2v) is 11.8. The maximum atomic E-state index is 13.5. The molecular formula is C20H23F4N7O2S2. The van der Waals surface area contributed by atoms with Gasteiger partial charge in [-0.1, -0.05) is 11.3 Å². The second-order valence-electron chi connectivity index (χ2n) is 9.08. The van der Waals surface area contributed by atoms with E-state index in [1.165, 1.54) is 22.9 Å². The Kier molecular flexibility index (Phi) is 6.22. The van der Waals surface area contributed by atoms with Crippen molar-refractivity contribution >= 4 is 32.7 Å². The number of hydrogen-bond acceptors (Lipinski definition) is 8. The molecule has 4 heterocycles. The van der Waals surface area contributed by atoms with Crippen LogP contribution in [-0.2, 0) is 10.0 Å². The lowest BCUT2D eigenvalue weighted by Crippen LogP contribution is -2.58. The van der Waals surface area contributed by atoms with Crippen molar-refractivity contribution in [2.24, 2.45) is 0 Å². The molecule has 1 aliphatic carbocycles. The molecule has 1 saturated carbocycles. The van der Waals surface area contributed by atoms with E-state index < -0.39 is 52.4 Å². The van der Waals surface area contributed by atoms with E-state index in [0.29, 0.717) is 35.5 Å². The number of sulfonamides is 1. The van der Waals surface area contributed by atoms with Crippen molar-refractivity contribution in [3.63, 3.8) is 0 Å². The van der Waals surface area contributed by atoms with E-state index in [9.17, 15) is 26.0 Å². The van der Waals surface area contributed by atoms with Crippen molar-refractivity contribution in [3.05, 3.63) is 23.5 Å². The number of piperazine rings is 1.